The molecule has 0 aromatic carbocycles. The number of hydrogen-bond donors (Lipinski definition) is 1. The minimum absolute atomic E-state index is 0.271. The van der Waals surface area contributed by atoms with Crippen LogP contribution in [0.25, 0.3) is 0 Å². The number of aryl methyl sites for hydroxylation is 1. The summed E-state index contributed by atoms with van der Waals surface area (Å²) in [5.41, 5.74) is 0.525. The third-order valence-electron chi connectivity index (χ3n) is 3.21. The Labute approximate surface area is 92.1 Å². The van der Waals surface area contributed by atoms with E-state index in [1.165, 1.54) is 0 Å². The van der Waals surface area contributed by atoms with Crippen molar-refractivity contribution in [1.29, 1.82) is 0 Å². The lowest BCUT2D eigenvalue weighted by molar-refractivity contribution is -0.00830. The van der Waals surface area contributed by atoms with Gasteiger partial charge >= 0.3 is 0 Å². The molecule has 0 saturated heterocycles. The number of rotatable bonds is 5. The first-order chi connectivity index (χ1) is 7.01. The molecule has 0 aliphatic heterocycles. The molecule has 1 rings (SSSR count). The van der Waals surface area contributed by atoms with Crippen LogP contribution in [0.5, 0.6) is 0 Å². The minimum Gasteiger partial charge on any atom is -0.389 e. The number of hydrogen-bond acceptors (Lipinski definition) is 2. The van der Waals surface area contributed by atoms with Gasteiger partial charge in [-0.15, -0.1) is 0 Å². The molecule has 3 heteroatoms. The third kappa shape index (κ3) is 2.81. The molecule has 0 amide bonds. The van der Waals surface area contributed by atoms with Gasteiger partial charge in [0.05, 0.1) is 11.8 Å². The van der Waals surface area contributed by atoms with E-state index in [-0.39, 0.29) is 5.92 Å². The van der Waals surface area contributed by atoms with Crippen molar-refractivity contribution in [2.45, 2.75) is 52.7 Å². The monoisotopic (exact) mass is 210 g/mol. The lowest BCUT2D eigenvalue weighted by Crippen LogP contribution is -2.36. The largest absolute Gasteiger partial charge is 0.389 e. The van der Waals surface area contributed by atoms with Crippen molar-refractivity contribution >= 4 is 0 Å². The maximum atomic E-state index is 10.4. The van der Waals surface area contributed by atoms with Crippen LogP contribution >= 0.6 is 0 Å². The van der Waals surface area contributed by atoms with E-state index in [1.807, 2.05) is 24.0 Å². The van der Waals surface area contributed by atoms with Crippen LogP contribution in [-0.4, -0.2) is 20.5 Å². The fourth-order valence-electron chi connectivity index (χ4n) is 1.76. The van der Waals surface area contributed by atoms with Crippen molar-refractivity contribution in [3.05, 3.63) is 18.0 Å². The summed E-state index contributed by atoms with van der Waals surface area (Å²) in [4.78, 5) is 0. The standard InChI is InChI=1S/C12H22N2O/c1-5-12(15,10(3)4)7-11-8-13-14(6-2)9-11/h8-10,15H,5-7H2,1-4H3. The predicted molar refractivity (Wildman–Crippen MR) is 61.7 cm³/mol. The molecule has 1 aromatic rings. The zero-order chi connectivity index (χ0) is 11.5. The lowest BCUT2D eigenvalue weighted by atomic mass is 9.83. The summed E-state index contributed by atoms with van der Waals surface area (Å²) in [5.74, 6) is 0.271. The Kier molecular flexibility index (Phi) is 3.91. The zero-order valence-electron chi connectivity index (χ0n) is 10.2. The van der Waals surface area contributed by atoms with Crippen LogP contribution in [0.1, 0.15) is 39.7 Å². The molecule has 0 aliphatic rings. The molecule has 0 bridgehead atoms. The maximum absolute atomic E-state index is 10.4. The van der Waals surface area contributed by atoms with Crippen molar-refractivity contribution in [2.24, 2.45) is 5.92 Å². The molecule has 0 radical (unpaired) electrons. The van der Waals surface area contributed by atoms with Gasteiger partial charge in [0, 0.05) is 19.2 Å². The molecule has 86 valence electrons. The average Bonchev–Trinajstić information content (AvgIpc) is 2.65. The smallest absolute Gasteiger partial charge is 0.0709 e. The molecule has 15 heavy (non-hydrogen) atoms. The molecular weight excluding hydrogens is 188 g/mol. The van der Waals surface area contributed by atoms with Crippen LogP contribution in [0.4, 0.5) is 0 Å². The van der Waals surface area contributed by atoms with E-state index in [9.17, 15) is 5.11 Å². The molecule has 1 N–H and O–H groups in total. The summed E-state index contributed by atoms with van der Waals surface area (Å²) >= 11 is 0. The normalized spacial score (nSPS) is 15.6. The molecule has 1 heterocycles. The van der Waals surface area contributed by atoms with Gasteiger partial charge < -0.3 is 5.11 Å². The van der Waals surface area contributed by atoms with Crippen molar-refractivity contribution < 1.29 is 5.11 Å². The number of nitrogens with zero attached hydrogens (tertiary/aromatic N) is 2. The summed E-state index contributed by atoms with van der Waals surface area (Å²) in [6.45, 7) is 9.10. The molecule has 1 unspecified atom stereocenters. The highest BCUT2D eigenvalue weighted by Gasteiger charge is 2.29. The maximum Gasteiger partial charge on any atom is 0.0709 e. The first-order valence-electron chi connectivity index (χ1n) is 5.75. The van der Waals surface area contributed by atoms with Crippen molar-refractivity contribution in [3.8, 4) is 0 Å². The summed E-state index contributed by atoms with van der Waals surface area (Å²) < 4.78 is 1.89. The van der Waals surface area contributed by atoms with Gasteiger partial charge in [-0.05, 0) is 24.8 Å². The third-order valence-corrected chi connectivity index (χ3v) is 3.21. The second-order valence-corrected chi connectivity index (χ2v) is 4.49. The van der Waals surface area contributed by atoms with Crippen molar-refractivity contribution in [3.63, 3.8) is 0 Å². The first-order valence-corrected chi connectivity index (χ1v) is 5.75. The highest BCUT2D eigenvalue weighted by atomic mass is 16.3. The van der Waals surface area contributed by atoms with Crippen LogP contribution in [-0.2, 0) is 13.0 Å². The van der Waals surface area contributed by atoms with Gasteiger partial charge in [0.25, 0.3) is 0 Å². The van der Waals surface area contributed by atoms with Gasteiger partial charge in [0.2, 0.25) is 0 Å². The van der Waals surface area contributed by atoms with Gasteiger partial charge in [-0.3, -0.25) is 4.68 Å². The van der Waals surface area contributed by atoms with Crippen LogP contribution < -0.4 is 0 Å². The quantitative estimate of drug-likeness (QED) is 0.809. The molecule has 3 nitrogen and oxygen atoms in total. The van der Waals surface area contributed by atoms with E-state index in [0.717, 1.165) is 18.5 Å². The van der Waals surface area contributed by atoms with Gasteiger partial charge in [0.15, 0.2) is 0 Å². The molecule has 0 fully saturated rings. The Morgan fingerprint density at radius 3 is 2.53 bits per heavy atom. The average molecular weight is 210 g/mol. The molecule has 1 atom stereocenters. The Balaban J connectivity index is 2.74. The van der Waals surface area contributed by atoms with E-state index in [0.29, 0.717) is 6.42 Å². The van der Waals surface area contributed by atoms with E-state index < -0.39 is 5.60 Å². The topological polar surface area (TPSA) is 38.0 Å². The molecule has 1 aromatic heterocycles. The van der Waals surface area contributed by atoms with Gasteiger partial charge in [0.1, 0.15) is 0 Å². The fourth-order valence-corrected chi connectivity index (χ4v) is 1.76. The number of aliphatic hydroxyl groups is 1. The number of aromatic nitrogens is 2. The molecule has 0 aliphatic carbocycles. The Morgan fingerprint density at radius 1 is 1.47 bits per heavy atom. The summed E-state index contributed by atoms with van der Waals surface area (Å²) in [7, 11) is 0. The summed E-state index contributed by atoms with van der Waals surface area (Å²) in [6.07, 6.45) is 5.35. The van der Waals surface area contributed by atoms with Gasteiger partial charge in [-0.2, -0.15) is 5.10 Å². The first kappa shape index (κ1) is 12.2. The van der Waals surface area contributed by atoms with Gasteiger partial charge in [-0.1, -0.05) is 20.8 Å². The van der Waals surface area contributed by atoms with E-state index in [2.05, 4.69) is 25.9 Å². The van der Waals surface area contributed by atoms with Crippen LogP contribution in [0.15, 0.2) is 12.4 Å². The van der Waals surface area contributed by atoms with Crippen molar-refractivity contribution in [1.82, 2.24) is 9.78 Å². The second-order valence-electron chi connectivity index (χ2n) is 4.49. The predicted octanol–water partition coefficient (Wildman–Crippen LogP) is 2.24. The van der Waals surface area contributed by atoms with Gasteiger partial charge in [-0.25, -0.2) is 0 Å². The zero-order valence-corrected chi connectivity index (χ0v) is 10.2. The summed E-state index contributed by atoms with van der Waals surface area (Å²) in [5, 5.41) is 14.6. The van der Waals surface area contributed by atoms with Crippen LogP contribution in [0.2, 0.25) is 0 Å². The highest BCUT2D eigenvalue weighted by molar-refractivity contribution is 5.08. The van der Waals surface area contributed by atoms with Crippen LogP contribution in [0.3, 0.4) is 0 Å². The second kappa shape index (κ2) is 4.79. The van der Waals surface area contributed by atoms with E-state index in [4.69, 9.17) is 0 Å². The Hall–Kier alpha value is -0.830. The van der Waals surface area contributed by atoms with Crippen LogP contribution in [0, 0.1) is 5.92 Å². The summed E-state index contributed by atoms with van der Waals surface area (Å²) in [6, 6.07) is 0. The fraction of sp³-hybridized carbons (Fsp3) is 0.750. The molecule has 0 spiro atoms. The highest BCUT2D eigenvalue weighted by Crippen LogP contribution is 2.25. The minimum atomic E-state index is -0.596. The molecule has 0 saturated carbocycles. The Bertz CT molecular complexity index is 306. The molecular formula is C12H22N2O. The Morgan fingerprint density at radius 2 is 2.13 bits per heavy atom. The van der Waals surface area contributed by atoms with E-state index >= 15 is 0 Å². The van der Waals surface area contributed by atoms with Crippen molar-refractivity contribution in [2.75, 3.05) is 0 Å². The van der Waals surface area contributed by atoms with E-state index in [1.54, 1.807) is 0 Å². The SMILES string of the molecule is CCn1cc(CC(O)(CC)C(C)C)cn1. The lowest BCUT2D eigenvalue weighted by Gasteiger charge is -2.30.